The van der Waals surface area contributed by atoms with E-state index < -0.39 is 0 Å². The molecule has 4 aromatic rings. The maximum atomic E-state index is 13.2. The first-order valence-electron chi connectivity index (χ1n) is 11.4. The fraction of sp³-hybridized carbons (Fsp3) is 0.214. The highest BCUT2D eigenvalue weighted by Crippen LogP contribution is 2.40. The zero-order valence-electron chi connectivity index (χ0n) is 19.4. The van der Waals surface area contributed by atoms with Gasteiger partial charge in [-0.25, -0.2) is 0 Å². The average molecular weight is 469 g/mol. The van der Waals surface area contributed by atoms with Crippen molar-refractivity contribution in [1.82, 2.24) is 4.90 Å². The summed E-state index contributed by atoms with van der Waals surface area (Å²) < 4.78 is 22.8. The fourth-order valence-corrected chi connectivity index (χ4v) is 4.90. The lowest BCUT2D eigenvalue weighted by Crippen LogP contribution is -2.33. The summed E-state index contributed by atoms with van der Waals surface area (Å²) in [7, 11) is 3.24. The van der Waals surface area contributed by atoms with E-state index in [2.05, 4.69) is 4.90 Å². The molecular formula is C28H23NO6. The van der Waals surface area contributed by atoms with Gasteiger partial charge in [-0.3, -0.25) is 14.5 Å². The van der Waals surface area contributed by atoms with Crippen molar-refractivity contribution >= 4 is 22.5 Å². The number of carbonyl (C=O) groups excluding carboxylic acids is 2. The number of hydrogen-bond donors (Lipinski definition) is 0. The van der Waals surface area contributed by atoms with Crippen LogP contribution in [0, 0.1) is 0 Å². The quantitative estimate of drug-likeness (QED) is 0.372. The molecule has 2 aliphatic rings. The predicted molar refractivity (Wildman–Crippen MR) is 129 cm³/mol. The summed E-state index contributed by atoms with van der Waals surface area (Å²) >= 11 is 0. The maximum absolute atomic E-state index is 13.2. The van der Waals surface area contributed by atoms with Gasteiger partial charge in [0.1, 0.15) is 18.1 Å². The van der Waals surface area contributed by atoms with E-state index in [0.29, 0.717) is 58.2 Å². The lowest BCUT2D eigenvalue weighted by molar-refractivity contribution is 0.0953. The third kappa shape index (κ3) is 3.39. The molecule has 176 valence electrons. The van der Waals surface area contributed by atoms with E-state index in [9.17, 15) is 9.59 Å². The Bertz CT molecular complexity index is 1500. The largest absolute Gasteiger partial charge is 0.493 e. The number of benzene rings is 3. The van der Waals surface area contributed by atoms with E-state index in [-0.39, 0.29) is 17.3 Å². The molecular weight excluding hydrogens is 446 g/mol. The molecule has 7 heteroatoms. The smallest absolute Gasteiger partial charge is 0.229 e. The van der Waals surface area contributed by atoms with E-state index in [1.165, 1.54) is 0 Å². The molecule has 0 atom stereocenters. The lowest BCUT2D eigenvalue weighted by Gasteiger charge is -2.29. The van der Waals surface area contributed by atoms with Gasteiger partial charge in [0, 0.05) is 29.6 Å². The van der Waals surface area contributed by atoms with E-state index in [1.54, 1.807) is 38.5 Å². The molecule has 7 nitrogen and oxygen atoms in total. The first kappa shape index (κ1) is 21.4. The number of rotatable bonds is 5. The molecule has 6 rings (SSSR count). The van der Waals surface area contributed by atoms with Crippen LogP contribution in [-0.2, 0) is 13.0 Å². The van der Waals surface area contributed by atoms with Gasteiger partial charge >= 0.3 is 0 Å². The number of carbonyl (C=O) groups is 2. The van der Waals surface area contributed by atoms with Crippen LogP contribution in [0.15, 0.2) is 59.0 Å². The summed E-state index contributed by atoms with van der Waals surface area (Å²) in [6, 6.07) is 16.5. The van der Waals surface area contributed by atoms with Crippen molar-refractivity contribution in [3.05, 3.63) is 88.2 Å². The van der Waals surface area contributed by atoms with Crippen LogP contribution in [0.3, 0.4) is 0 Å². The number of methoxy groups -OCH3 is 2. The molecule has 0 spiro atoms. The third-order valence-corrected chi connectivity index (χ3v) is 6.72. The van der Waals surface area contributed by atoms with Crippen molar-refractivity contribution in [1.29, 1.82) is 0 Å². The minimum Gasteiger partial charge on any atom is -0.493 e. The number of nitrogens with zero attached hydrogens (tertiary/aromatic N) is 1. The highest BCUT2D eigenvalue weighted by atomic mass is 16.5. The first-order chi connectivity index (χ1) is 17.1. The number of furan rings is 1. The van der Waals surface area contributed by atoms with Gasteiger partial charge in [-0.05, 0) is 36.2 Å². The Labute approximate surface area is 201 Å². The molecule has 0 unspecified atom stereocenters. The standard InChI is InChI=1S/C28H23NO6/c1-32-22-9-7-16(13-23(22)33-2)11-12-29-14-20-21(34-15-29)10-8-19-24-25(30)17-5-3-4-6-18(17)26(31)28(24)35-27(19)20/h3-10,13H,11-12,14-15H2,1-2H3. The Balaban J connectivity index is 1.30. The predicted octanol–water partition coefficient (Wildman–Crippen LogP) is 4.62. The molecule has 0 N–H and O–H groups in total. The van der Waals surface area contributed by atoms with Gasteiger partial charge < -0.3 is 18.6 Å². The minimum absolute atomic E-state index is 0.111. The van der Waals surface area contributed by atoms with Crippen LogP contribution in [0.1, 0.15) is 43.2 Å². The monoisotopic (exact) mass is 469 g/mol. The van der Waals surface area contributed by atoms with Crippen LogP contribution in [-0.4, -0.2) is 44.0 Å². The summed E-state index contributed by atoms with van der Waals surface area (Å²) in [5.74, 6) is 1.77. The Morgan fingerprint density at radius 3 is 2.46 bits per heavy atom. The van der Waals surface area contributed by atoms with E-state index in [0.717, 1.165) is 24.1 Å². The molecule has 2 heterocycles. The zero-order valence-corrected chi connectivity index (χ0v) is 19.4. The molecule has 0 saturated carbocycles. The summed E-state index contributed by atoms with van der Waals surface area (Å²) in [5.41, 5.74) is 3.64. The van der Waals surface area contributed by atoms with Crippen molar-refractivity contribution in [2.24, 2.45) is 0 Å². The van der Waals surface area contributed by atoms with Crippen LogP contribution in [0.25, 0.3) is 11.0 Å². The highest BCUT2D eigenvalue weighted by Gasteiger charge is 2.36. The van der Waals surface area contributed by atoms with Gasteiger partial charge in [-0.2, -0.15) is 0 Å². The van der Waals surface area contributed by atoms with Gasteiger partial charge in [0.05, 0.1) is 25.3 Å². The van der Waals surface area contributed by atoms with E-state index in [4.69, 9.17) is 18.6 Å². The lowest BCUT2D eigenvalue weighted by atomic mass is 9.87. The fourth-order valence-electron chi connectivity index (χ4n) is 4.90. The number of hydrogen-bond acceptors (Lipinski definition) is 7. The second kappa shape index (κ2) is 8.29. The van der Waals surface area contributed by atoms with Gasteiger partial charge in [-0.15, -0.1) is 0 Å². The van der Waals surface area contributed by atoms with Gasteiger partial charge in [0.25, 0.3) is 0 Å². The van der Waals surface area contributed by atoms with Gasteiger partial charge in [0.2, 0.25) is 5.78 Å². The summed E-state index contributed by atoms with van der Waals surface area (Å²) in [5, 5.41) is 0.650. The molecule has 0 radical (unpaired) electrons. The molecule has 1 aliphatic heterocycles. The van der Waals surface area contributed by atoms with Crippen molar-refractivity contribution in [3.63, 3.8) is 0 Å². The Morgan fingerprint density at radius 1 is 0.914 bits per heavy atom. The van der Waals surface area contributed by atoms with Crippen molar-refractivity contribution in [2.75, 3.05) is 27.5 Å². The average Bonchev–Trinajstić information content (AvgIpc) is 3.31. The molecule has 1 aromatic heterocycles. The minimum atomic E-state index is -0.262. The van der Waals surface area contributed by atoms with E-state index in [1.807, 2.05) is 30.3 Å². The summed E-state index contributed by atoms with van der Waals surface area (Å²) in [6.45, 7) is 1.77. The maximum Gasteiger partial charge on any atom is 0.229 e. The normalized spacial score (nSPS) is 14.8. The van der Waals surface area contributed by atoms with E-state index >= 15 is 0 Å². The Kier molecular flexibility index (Phi) is 5.07. The molecule has 3 aromatic carbocycles. The van der Waals surface area contributed by atoms with Crippen LogP contribution >= 0.6 is 0 Å². The van der Waals surface area contributed by atoms with Crippen molar-refractivity contribution in [2.45, 2.75) is 13.0 Å². The highest BCUT2D eigenvalue weighted by molar-refractivity contribution is 6.31. The molecule has 1 aliphatic carbocycles. The summed E-state index contributed by atoms with van der Waals surface area (Å²) in [4.78, 5) is 28.5. The number of fused-ring (bicyclic) bond motifs is 6. The second-order valence-electron chi connectivity index (χ2n) is 8.69. The molecule has 0 fully saturated rings. The molecule has 35 heavy (non-hydrogen) atoms. The van der Waals surface area contributed by atoms with Gasteiger partial charge in [-0.1, -0.05) is 30.3 Å². The van der Waals surface area contributed by atoms with Crippen LogP contribution < -0.4 is 14.2 Å². The summed E-state index contributed by atoms with van der Waals surface area (Å²) in [6.07, 6.45) is 0.788. The molecule has 0 bridgehead atoms. The molecule has 0 saturated heterocycles. The van der Waals surface area contributed by atoms with Crippen molar-refractivity contribution in [3.8, 4) is 17.2 Å². The number of ether oxygens (including phenoxy) is 3. The van der Waals surface area contributed by atoms with Crippen LogP contribution in [0.5, 0.6) is 17.2 Å². The topological polar surface area (TPSA) is 78.2 Å². The second-order valence-corrected chi connectivity index (χ2v) is 8.69. The van der Waals surface area contributed by atoms with Crippen molar-refractivity contribution < 1.29 is 28.2 Å². The first-order valence-corrected chi connectivity index (χ1v) is 11.4. The van der Waals surface area contributed by atoms with Crippen LogP contribution in [0.2, 0.25) is 0 Å². The SMILES string of the molecule is COc1ccc(CCN2COc3ccc4c5c(oc4c3C2)C(=O)c2ccccc2C5=O)cc1OC. The molecule has 0 amide bonds. The Hall–Kier alpha value is -4.10. The van der Waals surface area contributed by atoms with Crippen LogP contribution in [0.4, 0.5) is 0 Å². The zero-order chi connectivity index (χ0) is 24.1. The van der Waals surface area contributed by atoms with Gasteiger partial charge in [0.15, 0.2) is 23.0 Å². The Morgan fingerprint density at radius 2 is 1.69 bits per heavy atom. The third-order valence-electron chi connectivity index (χ3n) is 6.72. The number of ketones is 2.